The molecule has 0 aliphatic carbocycles. The van der Waals surface area contributed by atoms with E-state index in [-0.39, 0.29) is 5.69 Å². The molecule has 0 aromatic carbocycles. The van der Waals surface area contributed by atoms with Gasteiger partial charge in [-0.25, -0.2) is 14.3 Å². The van der Waals surface area contributed by atoms with Gasteiger partial charge in [0.1, 0.15) is 16.7 Å². The zero-order chi connectivity index (χ0) is 18.7. The monoisotopic (exact) mass is 365 g/mol. The van der Waals surface area contributed by atoms with Crippen LogP contribution in [0, 0.1) is 6.92 Å². The number of rotatable bonds is 6. The standard InChI is InChI=1S/C16H19N3O5S/c1-5-10-9(3)25-14(12(10)16(23)24-4)18-13(20)8(2)19-11(15(21)22)6-7-17-19/h6-8H,5H2,1-4H3,(H,18,20)(H,21,22). The molecule has 2 aromatic rings. The highest BCUT2D eigenvalue weighted by molar-refractivity contribution is 7.16. The third kappa shape index (κ3) is 3.55. The van der Waals surface area contributed by atoms with E-state index in [0.29, 0.717) is 17.0 Å². The molecular weight excluding hydrogens is 346 g/mol. The summed E-state index contributed by atoms with van der Waals surface area (Å²) < 4.78 is 5.94. The number of aromatic nitrogens is 2. The molecule has 0 bridgehead atoms. The number of hydrogen-bond acceptors (Lipinski definition) is 6. The van der Waals surface area contributed by atoms with Crippen molar-refractivity contribution < 1.29 is 24.2 Å². The molecule has 25 heavy (non-hydrogen) atoms. The van der Waals surface area contributed by atoms with Crippen molar-refractivity contribution in [3.63, 3.8) is 0 Å². The number of methoxy groups -OCH3 is 1. The molecule has 0 saturated carbocycles. The van der Waals surface area contributed by atoms with Gasteiger partial charge in [-0.2, -0.15) is 5.10 Å². The number of thiophene rings is 1. The predicted octanol–water partition coefficient (Wildman–Crippen LogP) is 2.50. The normalized spacial score (nSPS) is 11.8. The number of nitrogens with zero attached hydrogens (tertiary/aromatic N) is 2. The fourth-order valence-electron chi connectivity index (χ4n) is 2.53. The number of carboxylic acids is 1. The molecule has 2 heterocycles. The molecule has 134 valence electrons. The lowest BCUT2D eigenvalue weighted by Crippen LogP contribution is -2.27. The Morgan fingerprint density at radius 1 is 1.44 bits per heavy atom. The Bertz CT molecular complexity index is 824. The van der Waals surface area contributed by atoms with Gasteiger partial charge in [0.05, 0.1) is 12.7 Å². The molecule has 1 unspecified atom stereocenters. The summed E-state index contributed by atoms with van der Waals surface area (Å²) >= 11 is 1.28. The first kappa shape index (κ1) is 18.7. The Labute approximate surface area is 148 Å². The van der Waals surface area contributed by atoms with Crippen molar-refractivity contribution in [2.45, 2.75) is 33.2 Å². The van der Waals surface area contributed by atoms with E-state index in [1.165, 1.54) is 37.6 Å². The van der Waals surface area contributed by atoms with Crippen LogP contribution in [0.25, 0.3) is 0 Å². The van der Waals surface area contributed by atoms with Gasteiger partial charge in [0, 0.05) is 11.1 Å². The van der Waals surface area contributed by atoms with E-state index in [4.69, 9.17) is 9.84 Å². The van der Waals surface area contributed by atoms with Crippen molar-refractivity contribution in [2.75, 3.05) is 12.4 Å². The van der Waals surface area contributed by atoms with E-state index in [9.17, 15) is 14.4 Å². The fourth-order valence-corrected chi connectivity index (χ4v) is 3.67. The van der Waals surface area contributed by atoms with Crippen molar-refractivity contribution in [1.29, 1.82) is 0 Å². The van der Waals surface area contributed by atoms with Crippen LogP contribution in [0.4, 0.5) is 5.00 Å². The molecule has 9 heteroatoms. The van der Waals surface area contributed by atoms with Crippen molar-refractivity contribution in [3.8, 4) is 0 Å². The molecule has 0 fully saturated rings. The highest BCUT2D eigenvalue weighted by Crippen LogP contribution is 2.34. The maximum Gasteiger partial charge on any atom is 0.354 e. The van der Waals surface area contributed by atoms with E-state index in [2.05, 4.69) is 10.4 Å². The van der Waals surface area contributed by atoms with Crippen LogP contribution >= 0.6 is 11.3 Å². The molecule has 8 nitrogen and oxygen atoms in total. The molecule has 0 spiro atoms. The minimum atomic E-state index is -1.17. The average Bonchev–Trinajstić information content (AvgIpc) is 3.17. The highest BCUT2D eigenvalue weighted by Gasteiger charge is 2.26. The van der Waals surface area contributed by atoms with Crippen LogP contribution in [-0.4, -0.2) is 39.8 Å². The van der Waals surface area contributed by atoms with Crippen LogP contribution in [0.3, 0.4) is 0 Å². The summed E-state index contributed by atoms with van der Waals surface area (Å²) in [5.74, 6) is -2.16. The number of carbonyl (C=O) groups is 3. The number of amides is 1. The first-order valence-electron chi connectivity index (χ1n) is 7.60. The van der Waals surface area contributed by atoms with Crippen molar-refractivity contribution in [3.05, 3.63) is 34.0 Å². The SMILES string of the molecule is CCc1c(C)sc(NC(=O)C(C)n2nccc2C(=O)O)c1C(=O)OC. The lowest BCUT2D eigenvalue weighted by atomic mass is 10.1. The number of hydrogen-bond donors (Lipinski definition) is 2. The number of nitrogens with one attached hydrogen (secondary N) is 1. The number of carbonyl (C=O) groups excluding carboxylic acids is 2. The molecule has 0 aliphatic heterocycles. The second kappa shape index (κ2) is 7.47. The Kier molecular flexibility index (Phi) is 5.58. The zero-order valence-electron chi connectivity index (χ0n) is 14.3. The minimum absolute atomic E-state index is 0.0903. The molecule has 0 radical (unpaired) electrons. The lowest BCUT2D eigenvalue weighted by molar-refractivity contribution is -0.119. The van der Waals surface area contributed by atoms with Crippen molar-refractivity contribution >= 4 is 34.2 Å². The number of anilines is 1. The molecule has 0 aliphatic rings. The van der Waals surface area contributed by atoms with Gasteiger partial charge in [-0.05, 0) is 31.9 Å². The van der Waals surface area contributed by atoms with E-state index < -0.39 is 23.9 Å². The maximum absolute atomic E-state index is 12.5. The molecular formula is C16H19N3O5S. The van der Waals surface area contributed by atoms with Crippen LogP contribution in [0.1, 0.15) is 51.2 Å². The van der Waals surface area contributed by atoms with Gasteiger partial charge in [0.25, 0.3) is 0 Å². The summed E-state index contributed by atoms with van der Waals surface area (Å²) in [7, 11) is 1.28. The van der Waals surface area contributed by atoms with Crippen LogP contribution in [-0.2, 0) is 16.0 Å². The van der Waals surface area contributed by atoms with Gasteiger partial charge in [-0.1, -0.05) is 6.92 Å². The largest absolute Gasteiger partial charge is 0.477 e. The quantitative estimate of drug-likeness (QED) is 0.761. The van der Waals surface area contributed by atoms with Gasteiger partial charge in [-0.15, -0.1) is 11.3 Å². The first-order valence-corrected chi connectivity index (χ1v) is 8.41. The number of aromatic carboxylic acids is 1. The molecule has 2 rings (SSSR count). The zero-order valence-corrected chi connectivity index (χ0v) is 15.1. The third-order valence-electron chi connectivity index (χ3n) is 3.82. The van der Waals surface area contributed by atoms with E-state index >= 15 is 0 Å². The van der Waals surface area contributed by atoms with Gasteiger partial charge in [-0.3, -0.25) is 4.79 Å². The van der Waals surface area contributed by atoms with E-state index in [1.807, 2.05) is 13.8 Å². The van der Waals surface area contributed by atoms with Gasteiger partial charge in [0.2, 0.25) is 5.91 Å². The van der Waals surface area contributed by atoms with Crippen LogP contribution < -0.4 is 5.32 Å². The van der Waals surface area contributed by atoms with E-state index in [0.717, 1.165) is 15.1 Å². The Morgan fingerprint density at radius 3 is 2.68 bits per heavy atom. The molecule has 2 aromatic heterocycles. The Hall–Kier alpha value is -2.68. The highest BCUT2D eigenvalue weighted by atomic mass is 32.1. The number of esters is 1. The summed E-state index contributed by atoms with van der Waals surface area (Å²) in [5, 5.41) is 16.1. The lowest BCUT2D eigenvalue weighted by Gasteiger charge is -2.14. The van der Waals surface area contributed by atoms with Gasteiger partial charge < -0.3 is 15.2 Å². The predicted molar refractivity (Wildman–Crippen MR) is 92.3 cm³/mol. The summed E-state index contributed by atoms with van der Waals surface area (Å²) in [6.07, 6.45) is 1.94. The van der Waals surface area contributed by atoms with Crippen LogP contribution in [0.2, 0.25) is 0 Å². The second-order valence-electron chi connectivity index (χ2n) is 5.32. The summed E-state index contributed by atoms with van der Waals surface area (Å²) in [6.45, 7) is 5.32. The van der Waals surface area contributed by atoms with Gasteiger partial charge in [0.15, 0.2) is 0 Å². The maximum atomic E-state index is 12.5. The summed E-state index contributed by atoms with van der Waals surface area (Å²) in [6, 6.07) is 0.454. The van der Waals surface area contributed by atoms with Gasteiger partial charge >= 0.3 is 11.9 Å². The van der Waals surface area contributed by atoms with Crippen molar-refractivity contribution in [1.82, 2.24) is 9.78 Å². The summed E-state index contributed by atoms with van der Waals surface area (Å²) in [4.78, 5) is 36.7. The Balaban J connectivity index is 2.33. The topological polar surface area (TPSA) is 111 Å². The van der Waals surface area contributed by atoms with Crippen LogP contribution in [0.5, 0.6) is 0 Å². The van der Waals surface area contributed by atoms with Crippen molar-refractivity contribution in [2.24, 2.45) is 0 Å². The van der Waals surface area contributed by atoms with Crippen LogP contribution in [0.15, 0.2) is 12.3 Å². The smallest absolute Gasteiger partial charge is 0.354 e. The molecule has 1 amide bonds. The second-order valence-corrected chi connectivity index (χ2v) is 6.54. The number of ether oxygens (including phenoxy) is 1. The molecule has 0 saturated heterocycles. The number of carboxylic acid groups (broad SMARTS) is 1. The fraction of sp³-hybridized carbons (Fsp3) is 0.375. The van der Waals surface area contributed by atoms with E-state index in [1.54, 1.807) is 0 Å². The number of aryl methyl sites for hydroxylation is 1. The summed E-state index contributed by atoms with van der Waals surface area (Å²) in [5.41, 5.74) is 1.07. The third-order valence-corrected chi connectivity index (χ3v) is 4.89. The Morgan fingerprint density at radius 2 is 2.12 bits per heavy atom. The molecule has 1 atom stereocenters. The minimum Gasteiger partial charge on any atom is -0.477 e. The average molecular weight is 365 g/mol. The first-order chi connectivity index (χ1) is 11.8. The molecule has 2 N–H and O–H groups in total.